The Balaban J connectivity index is 0.00000162. The molecule has 0 radical (unpaired) electrons. The summed E-state index contributed by atoms with van der Waals surface area (Å²) in [7, 11) is 0. The zero-order valence-electron chi connectivity index (χ0n) is 11.4. The van der Waals surface area contributed by atoms with Gasteiger partial charge in [0.05, 0.1) is 6.54 Å². The molecule has 5 heteroatoms. The van der Waals surface area contributed by atoms with Crippen LogP contribution < -0.4 is 5.32 Å². The van der Waals surface area contributed by atoms with Crippen LogP contribution in [0.25, 0.3) is 0 Å². The molecule has 0 unspecified atom stereocenters. The van der Waals surface area contributed by atoms with Crippen LogP contribution in [0.1, 0.15) is 26.2 Å². The highest BCUT2D eigenvalue weighted by atomic mass is 35.5. The minimum atomic E-state index is 0. The molecule has 106 valence electrons. The van der Waals surface area contributed by atoms with Crippen molar-refractivity contribution < 1.29 is 4.79 Å². The third-order valence-corrected chi connectivity index (χ3v) is 3.93. The third-order valence-electron chi connectivity index (χ3n) is 3.93. The van der Waals surface area contributed by atoms with Gasteiger partial charge in [-0.05, 0) is 44.8 Å². The van der Waals surface area contributed by atoms with Gasteiger partial charge in [-0.25, -0.2) is 0 Å². The van der Waals surface area contributed by atoms with Gasteiger partial charge in [0.25, 0.3) is 0 Å². The first-order chi connectivity index (χ1) is 8.25. The predicted octanol–water partition coefficient (Wildman–Crippen LogP) is 0.962. The molecule has 2 rings (SSSR count). The van der Waals surface area contributed by atoms with Gasteiger partial charge >= 0.3 is 0 Å². The maximum absolute atomic E-state index is 12.2. The molecule has 0 atom stereocenters. The van der Waals surface area contributed by atoms with Gasteiger partial charge in [-0.15, -0.1) is 12.4 Å². The van der Waals surface area contributed by atoms with Crippen LogP contribution in [0.3, 0.4) is 0 Å². The molecule has 0 aromatic heterocycles. The van der Waals surface area contributed by atoms with Crippen LogP contribution in [0.4, 0.5) is 0 Å². The largest absolute Gasteiger partial charge is 0.340 e. The standard InChI is InChI=1S/C13H25N3O.ClH/c1-12-3-8-15(9-4-12)11-13(17)16-7-2-5-14-6-10-16;/h12,14H,2-11H2,1H3;1H. The van der Waals surface area contributed by atoms with Crippen LogP contribution in [-0.2, 0) is 4.79 Å². The van der Waals surface area contributed by atoms with Gasteiger partial charge in [0.15, 0.2) is 0 Å². The number of piperidine rings is 1. The Bertz CT molecular complexity index is 247. The van der Waals surface area contributed by atoms with Crippen LogP contribution >= 0.6 is 12.4 Å². The lowest BCUT2D eigenvalue weighted by Crippen LogP contribution is -2.44. The van der Waals surface area contributed by atoms with E-state index in [9.17, 15) is 4.79 Å². The average Bonchev–Trinajstić information content (AvgIpc) is 2.61. The van der Waals surface area contributed by atoms with Crippen molar-refractivity contribution in [1.82, 2.24) is 15.1 Å². The highest BCUT2D eigenvalue weighted by Gasteiger charge is 2.21. The van der Waals surface area contributed by atoms with E-state index in [1.54, 1.807) is 0 Å². The van der Waals surface area contributed by atoms with Crippen LogP contribution in [0.2, 0.25) is 0 Å². The maximum atomic E-state index is 12.2. The Kier molecular flexibility index (Phi) is 6.97. The molecule has 2 heterocycles. The Labute approximate surface area is 116 Å². The van der Waals surface area contributed by atoms with E-state index in [1.165, 1.54) is 12.8 Å². The maximum Gasteiger partial charge on any atom is 0.236 e. The summed E-state index contributed by atoms with van der Waals surface area (Å²) in [4.78, 5) is 16.5. The van der Waals surface area contributed by atoms with Crippen LogP contribution in [0, 0.1) is 5.92 Å². The van der Waals surface area contributed by atoms with Crippen molar-refractivity contribution in [1.29, 1.82) is 0 Å². The van der Waals surface area contributed by atoms with Gasteiger partial charge in [0, 0.05) is 19.6 Å². The highest BCUT2D eigenvalue weighted by molar-refractivity contribution is 5.85. The summed E-state index contributed by atoms with van der Waals surface area (Å²) in [5.74, 6) is 1.16. The summed E-state index contributed by atoms with van der Waals surface area (Å²) in [5, 5.41) is 3.33. The molecule has 2 aliphatic heterocycles. The molecule has 4 nitrogen and oxygen atoms in total. The summed E-state index contributed by atoms with van der Waals surface area (Å²) in [6.07, 6.45) is 3.58. The third kappa shape index (κ3) is 4.75. The lowest BCUT2D eigenvalue weighted by molar-refractivity contribution is -0.132. The van der Waals surface area contributed by atoms with E-state index >= 15 is 0 Å². The number of hydrogen-bond donors (Lipinski definition) is 1. The fraction of sp³-hybridized carbons (Fsp3) is 0.923. The number of halogens is 1. The molecule has 0 aliphatic carbocycles. The van der Waals surface area contributed by atoms with Gasteiger partial charge in [0.1, 0.15) is 0 Å². The molecule has 1 amide bonds. The van der Waals surface area contributed by atoms with E-state index in [0.29, 0.717) is 12.5 Å². The minimum absolute atomic E-state index is 0. The molecule has 2 saturated heterocycles. The van der Waals surface area contributed by atoms with E-state index in [2.05, 4.69) is 17.1 Å². The number of hydrogen-bond acceptors (Lipinski definition) is 3. The zero-order chi connectivity index (χ0) is 12.1. The summed E-state index contributed by atoms with van der Waals surface area (Å²) in [6.45, 7) is 8.93. The van der Waals surface area contributed by atoms with E-state index in [-0.39, 0.29) is 12.4 Å². The van der Waals surface area contributed by atoms with Gasteiger partial charge < -0.3 is 10.2 Å². The van der Waals surface area contributed by atoms with Crippen LogP contribution in [0.15, 0.2) is 0 Å². The predicted molar refractivity (Wildman–Crippen MR) is 76.2 cm³/mol. The Morgan fingerprint density at radius 1 is 1.17 bits per heavy atom. The second-order valence-corrected chi connectivity index (χ2v) is 5.44. The van der Waals surface area contributed by atoms with Gasteiger partial charge in [-0.3, -0.25) is 9.69 Å². The quantitative estimate of drug-likeness (QED) is 0.816. The van der Waals surface area contributed by atoms with Crippen LogP contribution in [-0.4, -0.2) is 61.5 Å². The Morgan fingerprint density at radius 3 is 2.61 bits per heavy atom. The molecule has 0 bridgehead atoms. The smallest absolute Gasteiger partial charge is 0.236 e. The molecule has 18 heavy (non-hydrogen) atoms. The van der Waals surface area contributed by atoms with Crippen molar-refractivity contribution in [3.8, 4) is 0 Å². The zero-order valence-corrected chi connectivity index (χ0v) is 12.2. The fourth-order valence-corrected chi connectivity index (χ4v) is 2.61. The molecule has 0 saturated carbocycles. The molecular weight excluding hydrogens is 250 g/mol. The number of likely N-dealkylation sites (tertiary alicyclic amines) is 1. The first-order valence-corrected chi connectivity index (χ1v) is 6.96. The number of carbonyl (C=O) groups is 1. The van der Waals surface area contributed by atoms with Gasteiger partial charge in [0.2, 0.25) is 5.91 Å². The summed E-state index contributed by atoms with van der Waals surface area (Å²) in [6, 6.07) is 0. The molecule has 1 N–H and O–H groups in total. The van der Waals surface area contributed by atoms with Gasteiger partial charge in [-0.2, -0.15) is 0 Å². The summed E-state index contributed by atoms with van der Waals surface area (Å²) >= 11 is 0. The van der Waals surface area contributed by atoms with Crippen molar-refractivity contribution in [2.45, 2.75) is 26.2 Å². The molecule has 0 aromatic rings. The molecular formula is C13H26ClN3O. The number of rotatable bonds is 2. The topological polar surface area (TPSA) is 35.6 Å². The normalized spacial score (nSPS) is 23.3. The minimum Gasteiger partial charge on any atom is -0.340 e. The molecule has 0 spiro atoms. The Hall–Kier alpha value is -0.320. The van der Waals surface area contributed by atoms with E-state index in [4.69, 9.17) is 0 Å². The second kappa shape index (κ2) is 7.97. The SMILES string of the molecule is CC1CCN(CC(=O)N2CCCNCC2)CC1.Cl. The average molecular weight is 276 g/mol. The summed E-state index contributed by atoms with van der Waals surface area (Å²) in [5.41, 5.74) is 0. The van der Waals surface area contributed by atoms with E-state index in [1.807, 2.05) is 4.90 Å². The van der Waals surface area contributed by atoms with E-state index in [0.717, 1.165) is 51.6 Å². The number of carbonyl (C=O) groups excluding carboxylic acids is 1. The van der Waals surface area contributed by atoms with Crippen molar-refractivity contribution >= 4 is 18.3 Å². The monoisotopic (exact) mass is 275 g/mol. The first kappa shape index (κ1) is 15.7. The molecule has 0 aromatic carbocycles. The lowest BCUT2D eigenvalue weighted by Gasteiger charge is -2.31. The lowest BCUT2D eigenvalue weighted by atomic mass is 9.99. The van der Waals surface area contributed by atoms with Crippen molar-refractivity contribution in [3.05, 3.63) is 0 Å². The molecule has 2 aliphatic rings. The second-order valence-electron chi connectivity index (χ2n) is 5.44. The van der Waals surface area contributed by atoms with Crippen molar-refractivity contribution in [3.63, 3.8) is 0 Å². The number of nitrogens with zero attached hydrogens (tertiary/aromatic N) is 2. The molecule has 2 fully saturated rings. The van der Waals surface area contributed by atoms with Gasteiger partial charge in [-0.1, -0.05) is 6.92 Å². The Morgan fingerprint density at radius 2 is 1.89 bits per heavy atom. The summed E-state index contributed by atoms with van der Waals surface area (Å²) < 4.78 is 0. The van der Waals surface area contributed by atoms with Crippen LogP contribution in [0.5, 0.6) is 0 Å². The van der Waals surface area contributed by atoms with Crippen molar-refractivity contribution in [2.24, 2.45) is 5.92 Å². The number of amides is 1. The first-order valence-electron chi connectivity index (χ1n) is 6.96. The van der Waals surface area contributed by atoms with E-state index < -0.39 is 0 Å². The number of nitrogens with one attached hydrogen (secondary N) is 1. The highest BCUT2D eigenvalue weighted by Crippen LogP contribution is 2.15. The fourth-order valence-electron chi connectivity index (χ4n) is 2.61. The van der Waals surface area contributed by atoms with Crippen molar-refractivity contribution in [2.75, 3.05) is 45.8 Å².